The molecule has 19 heavy (non-hydrogen) atoms. The smallest absolute Gasteiger partial charge is 0.162 e. The van der Waals surface area contributed by atoms with E-state index in [1.165, 1.54) is 0 Å². The minimum atomic E-state index is -0.367. The van der Waals surface area contributed by atoms with Crippen molar-refractivity contribution in [2.24, 2.45) is 5.41 Å². The van der Waals surface area contributed by atoms with Crippen LogP contribution in [0.25, 0.3) is 0 Å². The van der Waals surface area contributed by atoms with Crippen LogP contribution in [0.4, 0.5) is 0 Å². The standard InChI is InChI=1S/C14H20ClIN2O/c1-9-10(16)11(15)18-12(17-9)14(19-4)7-5-13(2,3)6-8-14/h5-8H2,1-4H3. The largest absolute Gasteiger partial charge is 0.370 e. The lowest BCUT2D eigenvalue weighted by Gasteiger charge is -2.41. The summed E-state index contributed by atoms with van der Waals surface area (Å²) < 4.78 is 6.74. The number of rotatable bonds is 2. The highest BCUT2D eigenvalue weighted by atomic mass is 127. The minimum Gasteiger partial charge on any atom is -0.370 e. The molecular weight excluding hydrogens is 375 g/mol. The third-order valence-corrected chi connectivity index (χ3v) is 6.07. The molecule has 1 aliphatic rings. The third-order valence-electron chi connectivity index (χ3n) is 4.19. The first-order valence-corrected chi connectivity index (χ1v) is 8.01. The quantitative estimate of drug-likeness (QED) is 0.548. The molecule has 0 aromatic carbocycles. The summed E-state index contributed by atoms with van der Waals surface area (Å²) in [5, 5.41) is 0.532. The Hall–Kier alpha value is 0.0600. The van der Waals surface area contributed by atoms with Gasteiger partial charge in [-0.05, 0) is 60.6 Å². The molecule has 1 aromatic rings. The molecule has 1 fully saturated rings. The molecule has 0 aliphatic heterocycles. The van der Waals surface area contributed by atoms with E-state index >= 15 is 0 Å². The van der Waals surface area contributed by atoms with E-state index in [1.54, 1.807) is 7.11 Å². The van der Waals surface area contributed by atoms with Gasteiger partial charge in [-0.1, -0.05) is 25.4 Å². The molecule has 106 valence electrons. The Bertz CT molecular complexity index is 457. The number of hydrogen-bond acceptors (Lipinski definition) is 3. The second kappa shape index (κ2) is 5.45. The van der Waals surface area contributed by atoms with Gasteiger partial charge in [-0.25, -0.2) is 9.97 Å². The zero-order chi connectivity index (χ0) is 14.3. The van der Waals surface area contributed by atoms with E-state index in [0.29, 0.717) is 10.6 Å². The highest BCUT2D eigenvalue weighted by molar-refractivity contribution is 14.1. The van der Waals surface area contributed by atoms with Gasteiger partial charge in [0.2, 0.25) is 0 Å². The highest BCUT2D eigenvalue weighted by Gasteiger charge is 2.42. The Morgan fingerprint density at radius 3 is 2.21 bits per heavy atom. The van der Waals surface area contributed by atoms with Crippen LogP contribution in [0.3, 0.4) is 0 Å². The Morgan fingerprint density at radius 1 is 1.16 bits per heavy atom. The summed E-state index contributed by atoms with van der Waals surface area (Å²) in [6.07, 6.45) is 4.14. The highest BCUT2D eigenvalue weighted by Crippen LogP contribution is 2.46. The van der Waals surface area contributed by atoms with Crippen molar-refractivity contribution in [2.45, 2.75) is 52.1 Å². The van der Waals surface area contributed by atoms with Gasteiger partial charge in [-0.15, -0.1) is 0 Å². The Morgan fingerprint density at radius 2 is 1.74 bits per heavy atom. The van der Waals surface area contributed by atoms with E-state index in [0.717, 1.165) is 40.8 Å². The van der Waals surface area contributed by atoms with Crippen molar-refractivity contribution in [1.82, 2.24) is 9.97 Å². The number of halogens is 2. The molecule has 0 bridgehead atoms. The van der Waals surface area contributed by atoms with Crippen LogP contribution >= 0.6 is 34.2 Å². The van der Waals surface area contributed by atoms with Crippen LogP contribution in [-0.2, 0) is 10.3 Å². The van der Waals surface area contributed by atoms with Gasteiger partial charge in [0, 0.05) is 7.11 Å². The molecule has 3 nitrogen and oxygen atoms in total. The fourth-order valence-corrected chi connectivity index (χ4v) is 3.04. The van der Waals surface area contributed by atoms with E-state index in [1.807, 2.05) is 6.92 Å². The summed E-state index contributed by atoms with van der Waals surface area (Å²) in [5.74, 6) is 0.744. The molecule has 0 radical (unpaired) electrons. The third kappa shape index (κ3) is 3.05. The van der Waals surface area contributed by atoms with Gasteiger partial charge in [-0.3, -0.25) is 0 Å². The van der Waals surface area contributed by atoms with Crippen LogP contribution in [0.1, 0.15) is 51.0 Å². The second-order valence-corrected chi connectivity index (χ2v) is 7.54. The van der Waals surface area contributed by atoms with Gasteiger partial charge in [0.25, 0.3) is 0 Å². The lowest BCUT2D eigenvalue weighted by Crippen LogP contribution is -2.38. The van der Waals surface area contributed by atoms with Crippen molar-refractivity contribution < 1.29 is 4.74 Å². The Balaban J connectivity index is 2.38. The lowest BCUT2D eigenvalue weighted by molar-refractivity contribution is -0.0730. The SMILES string of the molecule is COC1(c2nc(C)c(I)c(Cl)n2)CCC(C)(C)CC1. The minimum absolute atomic E-state index is 0.367. The van der Waals surface area contributed by atoms with E-state index in [-0.39, 0.29) is 5.60 Å². The lowest BCUT2D eigenvalue weighted by atomic mass is 9.70. The van der Waals surface area contributed by atoms with Crippen LogP contribution in [0.15, 0.2) is 0 Å². The number of aryl methyl sites for hydroxylation is 1. The van der Waals surface area contributed by atoms with Gasteiger partial charge < -0.3 is 4.74 Å². The molecule has 0 saturated heterocycles. The number of nitrogens with zero attached hydrogens (tertiary/aromatic N) is 2. The first-order chi connectivity index (χ1) is 8.80. The average molecular weight is 395 g/mol. The predicted octanol–water partition coefficient (Wildman–Crippen LogP) is 4.48. The van der Waals surface area contributed by atoms with Crippen LogP contribution in [-0.4, -0.2) is 17.1 Å². The van der Waals surface area contributed by atoms with Crippen molar-refractivity contribution >= 4 is 34.2 Å². The van der Waals surface area contributed by atoms with E-state index < -0.39 is 0 Å². The molecule has 5 heteroatoms. The zero-order valence-corrected chi connectivity index (χ0v) is 14.8. The average Bonchev–Trinajstić information content (AvgIpc) is 2.36. The van der Waals surface area contributed by atoms with Crippen LogP contribution in [0.2, 0.25) is 5.15 Å². The summed E-state index contributed by atoms with van der Waals surface area (Å²) >= 11 is 8.38. The van der Waals surface area contributed by atoms with Gasteiger partial charge in [0.1, 0.15) is 10.8 Å². The molecule has 2 rings (SSSR count). The van der Waals surface area contributed by atoms with Gasteiger partial charge in [-0.2, -0.15) is 0 Å². The molecule has 1 saturated carbocycles. The second-order valence-electron chi connectivity index (χ2n) is 6.10. The number of hydrogen-bond donors (Lipinski definition) is 0. The molecule has 1 aromatic heterocycles. The molecule has 0 unspecified atom stereocenters. The first kappa shape index (κ1) is 15.4. The summed E-state index contributed by atoms with van der Waals surface area (Å²) in [6.45, 7) is 6.58. The zero-order valence-electron chi connectivity index (χ0n) is 11.9. The van der Waals surface area contributed by atoms with Crippen LogP contribution in [0.5, 0.6) is 0 Å². The Kier molecular flexibility index (Phi) is 4.43. The monoisotopic (exact) mass is 394 g/mol. The van der Waals surface area contributed by atoms with E-state index in [2.05, 4.69) is 46.4 Å². The molecule has 0 atom stereocenters. The first-order valence-electron chi connectivity index (χ1n) is 6.55. The van der Waals surface area contributed by atoms with Crippen molar-refractivity contribution in [3.63, 3.8) is 0 Å². The molecule has 1 aliphatic carbocycles. The summed E-state index contributed by atoms with van der Waals surface area (Å²) in [5.41, 5.74) is 0.940. The van der Waals surface area contributed by atoms with Crippen molar-refractivity contribution in [3.05, 3.63) is 20.2 Å². The van der Waals surface area contributed by atoms with Crippen molar-refractivity contribution in [3.8, 4) is 0 Å². The fourth-order valence-electron chi connectivity index (χ4n) is 2.58. The van der Waals surface area contributed by atoms with Crippen LogP contribution in [0, 0.1) is 15.9 Å². The maximum atomic E-state index is 6.20. The predicted molar refractivity (Wildman–Crippen MR) is 85.4 cm³/mol. The normalized spacial score (nSPS) is 21.4. The number of ether oxygens (including phenoxy) is 1. The number of methoxy groups -OCH3 is 1. The van der Waals surface area contributed by atoms with Gasteiger partial charge >= 0.3 is 0 Å². The molecular formula is C14H20ClIN2O. The number of aromatic nitrogens is 2. The van der Waals surface area contributed by atoms with Crippen molar-refractivity contribution in [2.75, 3.05) is 7.11 Å². The maximum absolute atomic E-state index is 6.20. The summed E-state index contributed by atoms with van der Waals surface area (Å²) in [4.78, 5) is 9.09. The molecule has 1 heterocycles. The van der Waals surface area contributed by atoms with Gasteiger partial charge in [0.15, 0.2) is 5.82 Å². The fraction of sp³-hybridized carbons (Fsp3) is 0.714. The molecule has 0 N–H and O–H groups in total. The summed E-state index contributed by atoms with van der Waals surface area (Å²) in [7, 11) is 1.75. The topological polar surface area (TPSA) is 35.0 Å². The molecule has 0 amide bonds. The van der Waals surface area contributed by atoms with Gasteiger partial charge in [0.05, 0.1) is 9.26 Å². The van der Waals surface area contributed by atoms with Crippen LogP contribution < -0.4 is 0 Å². The van der Waals surface area contributed by atoms with E-state index in [9.17, 15) is 0 Å². The van der Waals surface area contributed by atoms with Crippen molar-refractivity contribution in [1.29, 1.82) is 0 Å². The molecule has 0 spiro atoms. The van der Waals surface area contributed by atoms with E-state index in [4.69, 9.17) is 16.3 Å². The Labute approximate surface area is 133 Å². The summed E-state index contributed by atoms with van der Waals surface area (Å²) in [6, 6.07) is 0. The maximum Gasteiger partial charge on any atom is 0.162 e.